The second-order valence-electron chi connectivity index (χ2n) is 4.54. The van der Waals surface area contributed by atoms with Crippen molar-refractivity contribution in [3.05, 3.63) is 17.7 Å². The van der Waals surface area contributed by atoms with E-state index in [0.717, 1.165) is 25.0 Å². The largest absolute Gasteiger partial charge is 0.416 e. The summed E-state index contributed by atoms with van der Waals surface area (Å²) in [5, 5.41) is 5.63. The standard InChI is InChI=1S/C12H16F3N3O/c1-16-10-3-7(12(13,14)15)4-11(18-10)17-8-5-9(6-8)19-2/h3-4,8-9H,5-6H2,1-2H3,(H2,16,17,18). The number of pyridine rings is 1. The van der Waals surface area contributed by atoms with Crippen LogP contribution >= 0.6 is 0 Å². The van der Waals surface area contributed by atoms with E-state index in [1.807, 2.05) is 0 Å². The predicted molar refractivity (Wildman–Crippen MR) is 66.2 cm³/mol. The van der Waals surface area contributed by atoms with Gasteiger partial charge in [-0.05, 0) is 25.0 Å². The molecule has 19 heavy (non-hydrogen) atoms. The average molecular weight is 275 g/mol. The summed E-state index contributed by atoms with van der Waals surface area (Å²) in [4.78, 5) is 4.08. The first-order valence-electron chi connectivity index (χ1n) is 5.98. The van der Waals surface area contributed by atoms with Crippen molar-refractivity contribution < 1.29 is 17.9 Å². The Hall–Kier alpha value is -1.50. The summed E-state index contributed by atoms with van der Waals surface area (Å²) < 4.78 is 43.3. The fourth-order valence-electron chi connectivity index (χ4n) is 1.98. The van der Waals surface area contributed by atoms with Gasteiger partial charge in [-0.2, -0.15) is 13.2 Å². The minimum Gasteiger partial charge on any atom is -0.381 e. The minimum absolute atomic E-state index is 0.116. The molecule has 1 aromatic heterocycles. The van der Waals surface area contributed by atoms with Gasteiger partial charge in [-0.3, -0.25) is 0 Å². The summed E-state index contributed by atoms with van der Waals surface area (Å²) in [5.41, 5.74) is -0.711. The van der Waals surface area contributed by atoms with Gasteiger partial charge in [0.05, 0.1) is 11.7 Å². The molecule has 1 heterocycles. The van der Waals surface area contributed by atoms with Crippen molar-refractivity contribution in [3.8, 4) is 0 Å². The summed E-state index contributed by atoms with van der Waals surface area (Å²) in [5.74, 6) is 0.429. The summed E-state index contributed by atoms with van der Waals surface area (Å²) in [6.07, 6.45) is -2.63. The molecule has 1 aliphatic carbocycles. The Balaban J connectivity index is 2.12. The van der Waals surface area contributed by atoms with Gasteiger partial charge in [0.25, 0.3) is 0 Å². The lowest BCUT2D eigenvalue weighted by Gasteiger charge is -2.35. The number of hydrogen-bond donors (Lipinski definition) is 2. The van der Waals surface area contributed by atoms with E-state index in [1.165, 1.54) is 7.05 Å². The van der Waals surface area contributed by atoms with Gasteiger partial charge in [0.15, 0.2) is 0 Å². The number of alkyl halides is 3. The van der Waals surface area contributed by atoms with E-state index >= 15 is 0 Å². The van der Waals surface area contributed by atoms with Crippen LogP contribution < -0.4 is 10.6 Å². The molecular formula is C12H16F3N3O. The third kappa shape index (κ3) is 3.28. The Morgan fingerprint density at radius 1 is 1.26 bits per heavy atom. The molecule has 0 bridgehead atoms. The summed E-state index contributed by atoms with van der Waals surface area (Å²) >= 11 is 0. The molecule has 0 aliphatic heterocycles. The minimum atomic E-state index is -4.38. The summed E-state index contributed by atoms with van der Waals surface area (Å²) in [7, 11) is 3.17. The molecule has 0 atom stereocenters. The maximum absolute atomic E-state index is 12.7. The van der Waals surface area contributed by atoms with Crippen molar-refractivity contribution in [2.75, 3.05) is 24.8 Å². The quantitative estimate of drug-likeness (QED) is 0.887. The predicted octanol–water partition coefficient (Wildman–Crippen LogP) is 2.73. The van der Waals surface area contributed by atoms with Crippen LogP contribution in [0.25, 0.3) is 0 Å². The van der Waals surface area contributed by atoms with E-state index in [-0.39, 0.29) is 23.8 Å². The highest BCUT2D eigenvalue weighted by molar-refractivity contribution is 5.50. The van der Waals surface area contributed by atoms with Crippen molar-refractivity contribution in [1.29, 1.82) is 0 Å². The fourth-order valence-corrected chi connectivity index (χ4v) is 1.98. The van der Waals surface area contributed by atoms with Crippen LogP contribution in [0.15, 0.2) is 12.1 Å². The molecule has 0 radical (unpaired) electrons. The van der Waals surface area contributed by atoms with Gasteiger partial charge >= 0.3 is 6.18 Å². The SMILES string of the molecule is CNc1cc(C(F)(F)F)cc(NC2CC(OC)C2)n1. The smallest absolute Gasteiger partial charge is 0.381 e. The van der Waals surface area contributed by atoms with E-state index in [4.69, 9.17) is 4.74 Å². The molecule has 106 valence electrons. The number of ether oxygens (including phenoxy) is 1. The topological polar surface area (TPSA) is 46.2 Å². The summed E-state index contributed by atoms with van der Waals surface area (Å²) in [6, 6.07) is 2.14. The lowest BCUT2D eigenvalue weighted by molar-refractivity contribution is -0.137. The van der Waals surface area contributed by atoms with Crippen molar-refractivity contribution in [2.45, 2.75) is 31.2 Å². The van der Waals surface area contributed by atoms with Crippen molar-refractivity contribution in [3.63, 3.8) is 0 Å². The maximum Gasteiger partial charge on any atom is 0.416 e. The van der Waals surface area contributed by atoms with Gasteiger partial charge in [-0.15, -0.1) is 0 Å². The van der Waals surface area contributed by atoms with Gasteiger partial charge in [0.1, 0.15) is 11.6 Å². The first-order chi connectivity index (χ1) is 8.92. The van der Waals surface area contributed by atoms with Crippen LogP contribution in [0.3, 0.4) is 0 Å². The van der Waals surface area contributed by atoms with E-state index < -0.39 is 11.7 Å². The number of halogens is 3. The number of nitrogens with one attached hydrogen (secondary N) is 2. The van der Waals surface area contributed by atoms with Crippen LogP contribution in [0.4, 0.5) is 24.8 Å². The molecule has 1 fully saturated rings. The normalized spacial score (nSPS) is 22.8. The van der Waals surface area contributed by atoms with Crippen LogP contribution in [0, 0.1) is 0 Å². The molecule has 4 nitrogen and oxygen atoms in total. The van der Waals surface area contributed by atoms with Gasteiger partial charge in [0, 0.05) is 20.2 Å². The highest BCUT2D eigenvalue weighted by Gasteiger charge is 2.33. The molecule has 1 saturated carbocycles. The van der Waals surface area contributed by atoms with Crippen molar-refractivity contribution in [2.24, 2.45) is 0 Å². The van der Waals surface area contributed by atoms with E-state index in [0.29, 0.717) is 0 Å². The molecule has 1 aromatic rings. The fraction of sp³-hybridized carbons (Fsp3) is 0.583. The van der Waals surface area contributed by atoms with Gasteiger partial charge in [0.2, 0.25) is 0 Å². The number of aromatic nitrogens is 1. The van der Waals surface area contributed by atoms with Crippen molar-refractivity contribution >= 4 is 11.6 Å². The number of rotatable bonds is 4. The third-order valence-corrected chi connectivity index (χ3v) is 3.19. The second kappa shape index (κ2) is 5.24. The Labute approximate surface area is 109 Å². The molecule has 2 N–H and O–H groups in total. The zero-order chi connectivity index (χ0) is 14.0. The molecular weight excluding hydrogens is 259 g/mol. The van der Waals surface area contributed by atoms with Crippen LogP contribution in [0.5, 0.6) is 0 Å². The molecule has 1 aliphatic rings. The van der Waals surface area contributed by atoms with Crippen LogP contribution in [-0.4, -0.2) is 31.3 Å². The molecule has 2 rings (SSSR count). The second-order valence-corrected chi connectivity index (χ2v) is 4.54. The van der Waals surface area contributed by atoms with Crippen LogP contribution in [-0.2, 0) is 10.9 Å². The number of nitrogens with zero attached hydrogens (tertiary/aromatic N) is 1. The Bertz CT molecular complexity index is 444. The number of methoxy groups -OCH3 is 1. The van der Waals surface area contributed by atoms with Gasteiger partial charge in [-0.25, -0.2) is 4.98 Å². The third-order valence-electron chi connectivity index (χ3n) is 3.19. The number of hydrogen-bond acceptors (Lipinski definition) is 4. The van der Waals surface area contributed by atoms with Gasteiger partial charge < -0.3 is 15.4 Å². The van der Waals surface area contributed by atoms with E-state index in [2.05, 4.69) is 15.6 Å². The van der Waals surface area contributed by atoms with E-state index in [9.17, 15) is 13.2 Å². The highest BCUT2D eigenvalue weighted by Crippen LogP contribution is 2.33. The Morgan fingerprint density at radius 3 is 2.42 bits per heavy atom. The molecule has 0 saturated heterocycles. The lowest BCUT2D eigenvalue weighted by atomic mass is 9.89. The molecule has 0 amide bonds. The van der Waals surface area contributed by atoms with Crippen LogP contribution in [0.1, 0.15) is 18.4 Å². The number of anilines is 2. The maximum atomic E-state index is 12.7. The Kier molecular flexibility index (Phi) is 3.84. The average Bonchev–Trinajstić information content (AvgIpc) is 2.31. The highest BCUT2D eigenvalue weighted by atomic mass is 19.4. The Morgan fingerprint density at radius 2 is 1.89 bits per heavy atom. The van der Waals surface area contributed by atoms with Crippen molar-refractivity contribution in [1.82, 2.24) is 4.98 Å². The monoisotopic (exact) mass is 275 g/mol. The van der Waals surface area contributed by atoms with E-state index in [1.54, 1.807) is 7.11 Å². The molecule has 7 heteroatoms. The van der Waals surface area contributed by atoms with Gasteiger partial charge in [-0.1, -0.05) is 0 Å². The first kappa shape index (κ1) is 13.9. The first-order valence-corrected chi connectivity index (χ1v) is 5.98. The zero-order valence-corrected chi connectivity index (χ0v) is 10.7. The summed E-state index contributed by atoms with van der Waals surface area (Å²) in [6.45, 7) is 0. The molecule has 0 spiro atoms. The lowest BCUT2D eigenvalue weighted by Crippen LogP contribution is -2.40. The van der Waals surface area contributed by atoms with Crippen LogP contribution in [0.2, 0.25) is 0 Å². The molecule has 0 unspecified atom stereocenters. The zero-order valence-electron chi connectivity index (χ0n) is 10.7. The molecule has 0 aromatic carbocycles.